The highest BCUT2D eigenvalue weighted by Gasteiger charge is 2.23. The Balaban J connectivity index is 1.75. The van der Waals surface area contributed by atoms with E-state index in [0.717, 1.165) is 37.9 Å². The summed E-state index contributed by atoms with van der Waals surface area (Å²) in [6.07, 6.45) is 4.88. The molecule has 0 N–H and O–H groups in total. The molecule has 1 aromatic rings. The number of carbonyl (C=O) groups excluding carboxylic acids is 2. The number of piperidine rings is 1. The van der Waals surface area contributed by atoms with Crippen LogP contribution < -0.4 is 0 Å². The molecule has 2 rings (SSSR count). The Kier molecular flexibility index (Phi) is 7.22. The van der Waals surface area contributed by atoms with Crippen molar-refractivity contribution in [1.82, 2.24) is 4.90 Å². The first-order valence-electron chi connectivity index (χ1n) is 8.68. The lowest BCUT2D eigenvalue weighted by Crippen LogP contribution is -2.40. The van der Waals surface area contributed by atoms with E-state index in [-0.39, 0.29) is 24.1 Å². The molecule has 1 aromatic carbocycles. The lowest BCUT2D eigenvalue weighted by Gasteiger charge is -2.33. The highest BCUT2D eigenvalue weighted by molar-refractivity contribution is 5.77. The van der Waals surface area contributed by atoms with Crippen molar-refractivity contribution in [3.8, 4) is 0 Å². The number of halogens is 1. The van der Waals surface area contributed by atoms with Crippen LogP contribution in [0, 0.1) is 11.7 Å². The summed E-state index contributed by atoms with van der Waals surface area (Å²) in [7, 11) is 1.36. The van der Waals surface area contributed by atoms with Gasteiger partial charge in [0.1, 0.15) is 5.82 Å². The maximum Gasteiger partial charge on any atom is 0.305 e. The molecule has 0 saturated carbocycles. The van der Waals surface area contributed by atoms with E-state index < -0.39 is 0 Å². The first-order valence-corrected chi connectivity index (χ1v) is 8.68. The molecule has 1 saturated heterocycles. The monoisotopic (exact) mass is 335 g/mol. The van der Waals surface area contributed by atoms with Crippen LogP contribution in [0.2, 0.25) is 0 Å². The molecule has 1 heterocycles. The van der Waals surface area contributed by atoms with Gasteiger partial charge in [0, 0.05) is 25.9 Å². The zero-order valence-electron chi connectivity index (χ0n) is 14.3. The molecule has 0 aliphatic carbocycles. The Labute approximate surface area is 143 Å². The Bertz CT molecular complexity index is 561. The number of esters is 1. The topological polar surface area (TPSA) is 46.6 Å². The number of carbonyl (C=O) groups is 2. The third-order valence-electron chi connectivity index (χ3n) is 4.65. The highest BCUT2D eigenvalue weighted by atomic mass is 19.1. The second-order valence-corrected chi connectivity index (χ2v) is 6.41. The molecule has 1 amide bonds. The van der Waals surface area contributed by atoms with Crippen molar-refractivity contribution < 1.29 is 18.7 Å². The molecular formula is C19H26FNO3. The van der Waals surface area contributed by atoms with E-state index in [0.29, 0.717) is 25.2 Å². The van der Waals surface area contributed by atoms with Crippen LogP contribution in [0.1, 0.15) is 44.1 Å². The van der Waals surface area contributed by atoms with E-state index in [1.54, 1.807) is 6.07 Å². The number of hydrogen-bond donors (Lipinski definition) is 0. The molecule has 1 fully saturated rings. The minimum absolute atomic E-state index is 0.106. The van der Waals surface area contributed by atoms with Gasteiger partial charge in [-0.1, -0.05) is 18.2 Å². The molecule has 1 aliphatic heterocycles. The molecule has 4 nitrogen and oxygen atoms in total. The Morgan fingerprint density at radius 2 is 2.08 bits per heavy atom. The smallest absolute Gasteiger partial charge is 0.305 e. The first-order chi connectivity index (χ1) is 11.6. The fraction of sp³-hybridized carbons (Fsp3) is 0.579. The largest absolute Gasteiger partial charge is 0.469 e. The SMILES string of the molecule is COC(=O)CCCC(=O)N1CCC[C@H](CCc2ccccc2F)C1. The summed E-state index contributed by atoms with van der Waals surface area (Å²) < 4.78 is 18.3. The quantitative estimate of drug-likeness (QED) is 0.718. The fourth-order valence-corrected chi connectivity index (χ4v) is 3.23. The van der Waals surface area contributed by atoms with Crippen LogP contribution in [0.15, 0.2) is 24.3 Å². The number of nitrogens with zero attached hydrogens (tertiary/aromatic N) is 1. The summed E-state index contributed by atoms with van der Waals surface area (Å²) >= 11 is 0. The molecule has 0 aromatic heterocycles. The van der Waals surface area contributed by atoms with Crippen LogP contribution in [0.25, 0.3) is 0 Å². The fourth-order valence-electron chi connectivity index (χ4n) is 3.23. The van der Waals surface area contributed by atoms with Crippen LogP contribution in [-0.4, -0.2) is 37.0 Å². The number of ether oxygens (including phenoxy) is 1. The van der Waals surface area contributed by atoms with E-state index in [1.807, 2.05) is 17.0 Å². The molecule has 0 bridgehead atoms. The van der Waals surface area contributed by atoms with Gasteiger partial charge in [-0.2, -0.15) is 0 Å². The summed E-state index contributed by atoms with van der Waals surface area (Å²) in [5.74, 6) is 0.102. The molecule has 132 valence electrons. The van der Waals surface area contributed by atoms with Gasteiger partial charge in [-0.05, 0) is 49.7 Å². The van der Waals surface area contributed by atoms with Gasteiger partial charge in [0.2, 0.25) is 5.91 Å². The molecule has 1 aliphatic rings. The molecule has 0 radical (unpaired) electrons. The van der Waals surface area contributed by atoms with E-state index >= 15 is 0 Å². The van der Waals surface area contributed by atoms with Gasteiger partial charge < -0.3 is 9.64 Å². The summed E-state index contributed by atoms with van der Waals surface area (Å²) in [5.41, 5.74) is 0.749. The van der Waals surface area contributed by atoms with Crippen molar-refractivity contribution in [2.24, 2.45) is 5.92 Å². The molecule has 5 heteroatoms. The highest BCUT2D eigenvalue weighted by Crippen LogP contribution is 2.23. The molecule has 0 unspecified atom stereocenters. The third kappa shape index (κ3) is 5.62. The number of aryl methyl sites for hydroxylation is 1. The van der Waals surface area contributed by atoms with Crippen LogP contribution in [0.4, 0.5) is 4.39 Å². The maximum absolute atomic E-state index is 13.7. The molecule has 0 spiro atoms. The van der Waals surface area contributed by atoms with Gasteiger partial charge in [-0.25, -0.2) is 4.39 Å². The number of methoxy groups -OCH3 is 1. The standard InChI is InChI=1S/C19H26FNO3/c1-24-19(23)10-4-9-18(22)21-13-5-6-15(14-21)11-12-16-7-2-3-8-17(16)20/h2-3,7-8,15H,4-6,9-14H2,1H3/t15-/m1/s1. The first kappa shape index (κ1) is 18.4. The van der Waals surface area contributed by atoms with Gasteiger partial charge in [-0.3, -0.25) is 9.59 Å². The van der Waals surface area contributed by atoms with Gasteiger partial charge in [0.25, 0.3) is 0 Å². The summed E-state index contributed by atoms with van der Waals surface area (Å²) in [6.45, 7) is 1.53. The van der Waals surface area contributed by atoms with E-state index in [1.165, 1.54) is 13.2 Å². The molecule has 24 heavy (non-hydrogen) atoms. The number of rotatable bonds is 7. The average Bonchev–Trinajstić information content (AvgIpc) is 2.61. The van der Waals surface area contributed by atoms with Crippen molar-refractivity contribution in [2.45, 2.75) is 44.9 Å². The normalized spacial score (nSPS) is 17.6. The van der Waals surface area contributed by atoms with E-state index in [2.05, 4.69) is 4.74 Å². The lowest BCUT2D eigenvalue weighted by molar-refractivity contribution is -0.141. The van der Waals surface area contributed by atoms with Crippen molar-refractivity contribution in [3.63, 3.8) is 0 Å². The minimum Gasteiger partial charge on any atom is -0.469 e. The zero-order chi connectivity index (χ0) is 17.4. The summed E-state index contributed by atoms with van der Waals surface area (Å²) in [5, 5.41) is 0. The van der Waals surface area contributed by atoms with Crippen molar-refractivity contribution >= 4 is 11.9 Å². The second-order valence-electron chi connectivity index (χ2n) is 6.41. The number of likely N-dealkylation sites (tertiary alicyclic amines) is 1. The van der Waals surface area contributed by atoms with Gasteiger partial charge in [0.05, 0.1) is 7.11 Å². The predicted octanol–water partition coefficient (Wildman–Crippen LogP) is 3.34. The maximum atomic E-state index is 13.7. The predicted molar refractivity (Wildman–Crippen MR) is 89.9 cm³/mol. The third-order valence-corrected chi connectivity index (χ3v) is 4.65. The van der Waals surface area contributed by atoms with Gasteiger partial charge in [0.15, 0.2) is 0 Å². The Morgan fingerprint density at radius 3 is 2.83 bits per heavy atom. The van der Waals surface area contributed by atoms with Gasteiger partial charge in [-0.15, -0.1) is 0 Å². The zero-order valence-corrected chi connectivity index (χ0v) is 14.3. The Hall–Kier alpha value is -1.91. The number of benzene rings is 1. The Morgan fingerprint density at radius 1 is 1.29 bits per heavy atom. The van der Waals surface area contributed by atoms with E-state index in [4.69, 9.17) is 0 Å². The number of amides is 1. The van der Waals surface area contributed by atoms with Crippen molar-refractivity contribution in [2.75, 3.05) is 20.2 Å². The van der Waals surface area contributed by atoms with E-state index in [9.17, 15) is 14.0 Å². The van der Waals surface area contributed by atoms with Crippen LogP contribution in [0.3, 0.4) is 0 Å². The van der Waals surface area contributed by atoms with Crippen LogP contribution >= 0.6 is 0 Å². The second kappa shape index (κ2) is 9.40. The van der Waals surface area contributed by atoms with Gasteiger partial charge >= 0.3 is 5.97 Å². The van der Waals surface area contributed by atoms with Crippen molar-refractivity contribution in [3.05, 3.63) is 35.6 Å². The molecule has 1 atom stereocenters. The van der Waals surface area contributed by atoms with Crippen LogP contribution in [-0.2, 0) is 20.7 Å². The minimum atomic E-state index is -0.274. The average molecular weight is 335 g/mol. The summed E-state index contributed by atoms with van der Waals surface area (Å²) in [4.78, 5) is 25.2. The summed E-state index contributed by atoms with van der Waals surface area (Å²) in [6, 6.07) is 6.88. The van der Waals surface area contributed by atoms with Crippen molar-refractivity contribution in [1.29, 1.82) is 0 Å². The number of hydrogen-bond acceptors (Lipinski definition) is 3. The lowest BCUT2D eigenvalue weighted by atomic mass is 9.91. The van der Waals surface area contributed by atoms with Crippen LogP contribution in [0.5, 0.6) is 0 Å². The molecular weight excluding hydrogens is 309 g/mol.